The van der Waals surface area contributed by atoms with Crippen LogP contribution in [0, 0.1) is 0 Å². The summed E-state index contributed by atoms with van der Waals surface area (Å²) in [7, 11) is 0. The third-order valence-electron chi connectivity index (χ3n) is 5.22. The number of amidine groups is 1. The minimum atomic E-state index is 0.724. The second-order valence-corrected chi connectivity index (χ2v) is 7.98. The van der Waals surface area contributed by atoms with Gasteiger partial charge >= 0.3 is 0 Å². The van der Waals surface area contributed by atoms with Crippen molar-refractivity contribution in [3.8, 4) is 0 Å². The maximum Gasteiger partial charge on any atom is 0.133 e. The van der Waals surface area contributed by atoms with Gasteiger partial charge in [0.1, 0.15) is 5.84 Å². The Morgan fingerprint density at radius 3 is 2.29 bits per heavy atom. The molecule has 146 valence electrons. The Balaban J connectivity index is 1.52. The van der Waals surface area contributed by atoms with Crippen LogP contribution in [0.25, 0.3) is 10.8 Å². The molecule has 0 unspecified atom stereocenters. The number of nitrogens with one attached hydrogen (secondary N) is 1. The van der Waals surface area contributed by atoms with Crippen LogP contribution in [0.15, 0.2) is 76.3 Å². The van der Waals surface area contributed by atoms with Gasteiger partial charge in [0.25, 0.3) is 0 Å². The molecule has 1 N–H and O–H groups in total. The van der Waals surface area contributed by atoms with E-state index in [-0.39, 0.29) is 0 Å². The second kappa shape index (κ2) is 9.54. The second-order valence-electron chi connectivity index (χ2n) is 7.98. The number of allylic oxidation sites excluding steroid dienone is 5. The highest BCUT2D eigenvalue weighted by molar-refractivity contribution is 6.25. The standard InChI is InChI=1S/C26H32N2/c1-19(2)9-5-10-20(3)11-6-12-21(4)17-18-27-26-23-15-7-13-22-14-8-16-24(28-26)25(22)23/h7-9,11,13-17H,5-6,10,12,18H2,1-4H3,(H,27,28)/b20-11+,21-17+. The largest absolute Gasteiger partial charge is 0.339 e. The minimum absolute atomic E-state index is 0.724. The van der Waals surface area contributed by atoms with Crippen LogP contribution in [0.3, 0.4) is 0 Å². The zero-order chi connectivity index (χ0) is 19.9. The third-order valence-corrected chi connectivity index (χ3v) is 5.22. The van der Waals surface area contributed by atoms with Crippen LogP contribution < -0.4 is 5.32 Å². The zero-order valence-corrected chi connectivity index (χ0v) is 17.7. The predicted molar refractivity (Wildman–Crippen MR) is 124 cm³/mol. The molecule has 0 saturated heterocycles. The van der Waals surface area contributed by atoms with Crippen molar-refractivity contribution in [1.82, 2.24) is 0 Å². The van der Waals surface area contributed by atoms with Crippen LogP contribution in [0.5, 0.6) is 0 Å². The Kier molecular flexibility index (Phi) is 6.86. The summed E-state index contributed by atoms with van der Waals surface area (Å²) < 4.78 is 0. The minimum Gasteiger partial charge on any atom is -0.339 e. The van der Waals surface area contributed by atoms with E-state index in [4.69, 9.17) is 4.99 Å². The molecular weight excluding hydrogens is 340 g/mol. The Hall–Kier alpha value is -2.61. The van der Waals surface area contributed by atoms with Gasteiger partial charge in [0.05, 0.1) is 6.54 Å². The predicted octanol–water partition coefficient (Wildman–Crippen LogP) is 7.43. The van der Waals surface area contributed by atoms with E-state index < -0.39 is 0 Å². The van der Waals surface area contributed by atoms with E-state index >= 15 is 0 Å². The number of nitrogens with zero attached hydrogens (tertiary/aromatic N) is 1. The van der Waals surface area contributed by atoms with Crippen molar-refractivity contribution in [1.29, 1.82) is 0 Å². The number of benzene rings is 2. The smallest absolute Gasteiger partial charge is 0.133 e. The van der Waals surface area contributed by atoms with Gasteiger partial charge < -0.3 is 5.32 Å². The van der Waals surface area contributed by atoms with Gasteiger partial charge in [-0.15, -0.1) is 0 Å². The molecule has 1 aliphatic rings. The first-order valence-corrected chi connectivity index (χ1v) is 10.3. The number of anilines is 1. The van der Waals surface area contributed by atoms with Crippen molar-refractivity contribution in [3.63, 3.8) is 0 Å². The molecule has 0 atom stereocenters. The number of hydrogen-bond donors (Lipinski definition) is 1. The van der Waals surface area contributed by atoms with E-state index in [0.717, 1.165) is 31.6 Å². The molecule has 2 heteroatoms. The van der Waals surface area contributed by atoms with Crippen LogP contribution in [-0.4, -0.2) is 12.4 Å². The average Bonchev–Trinajstić information content (AvgIpc) is 3.01. The summed E-state index contributed by atoms with van der Waals surface area (Å²) in [6.45, 7) is 9.51. The number of hydrogen-bond acceptors (Lipinski definition) is 1. The maximum atomic E-state index is 4.81. The fraction of sp³-hybridized carbons (Fsp3) is 0.346. The Morgan fingerprint density at radius 2 is 1.54 bits per heavy atom. The Morgan fingerprint density at radius 1 is 0.857 bits per heavy atom. The number of aliphatic imine (C=N–C) groups is 1. The van der Waals surface area contributed by atoms with E-state index in [0.29, 0.717) is 0 Å². The van der Waals surface area contributed by atoms with Crippen molar-refractivity contribution in [2.45, 2.75) is 53.4 Å². The molecule has 0 bridgehead atoms. The van der Waals surface area contributed by atoms with Crippen LogP contribution in [-0.2, 0) is 0 Å². The summed E-state index contributed by atoms with van der Waals surface area (Å²) in [5, 5.41) is 6.03. The Labute approximate surface area is 169 Å². The third kappa shape index (κ3) is 5.22. The molecule has 28 heavy (non-hydrogen) atoms. The molecule has 0 radical (unpaired) electrons. The van der Waals surface area contributed by atoms with Crippen molar-refractivity contribution in [2.24, 2.45) is 4.99 Å². The highest BCUT2D eigenvalue weighted by Crippen LogP contribution is 2.32. The first kappa shape index (κ1) is 20.1. The summed E-state index contributed by atoms with van der Waals surface area (Å²) >= 11 is 0. The quantitative estimate of drug-likeness (QED) is 0.479. The van der Waals surface area contributed by atoms with Gasteiger partial charge in [-0.1, -0.05) is 65.3 Å². The number of rotatable bonds is 8. The molecule has 1 aliphatic heterocycles. The summed E-state index contributed by atoms with van der Waals surface area (Å²) in [4.78, 5) is 4.81. The monoisotopic (exact) mass is 372 g/mol. The van der Waals surface area contributed by atoms with Gasteiger partial charge in [-0.25, -0.2) is 0 Å². The molecule has 3 rings (SSSR count). The van der Waals surface area contributed by atoms with Gasteiger partial charge in [0.15, 0.2) is 0 Å². The van der Waals surface area contributed by atoms with Gasteiger partial charge in [-0.2, -0.15) is 0 Å². The normalized spacial score (nSPS) is 15.2. The molecule has 2 aromatic rings. The highest BCUT2D eigenvalue weighted by atomic mass is 15.0. The van der Waals surface area contributed by atoms with E-state index in [1.807, 2.05) is 0 Å². The molecule has 0 saturated carbocycles. The molecule has 0 fully saturated rings. The van der Waals surface area contributed by atoms with E-state index in [9.17, 15) is 0 Å². The van der Waals surface area contributed by atoms with E-state index in [1.54, 1.807) is 0 Å². The SMILES string of the molecule is CC(C)=CCC/C(C)=C/CC/C(C)=C/C/N=C1\Nc2cccc3cccc1c23. The molecule has 2 nitrogen and oxygen atoms in total. The fourth-order valence-corrected chi connectivity index (χ4v) is 3.59. The molecule has 2 aromatic carbocycles. The first-order chi connectivity index (χ1) is 13.5. The lowest BCUT2D eigenvalue weighted by molar-refractivity contribution is 0.914. The van der Waals surface area contributed by atoms with Crippen LogP contribution in [0.2, 0.25) is 0 Å². The molecular formula is C26H32N2. The molecule has 0 aromatic heterocycles. The van der Waals surface area contributed by atoms with Crippen molar-refractivity contribution >= 4 is 22.3 Å². The van der Waals surface area contributed by atoms with Crippen molar-refractivity contribution in [3.05, 3.63) is 76.9 Å². The van der Waals surface area contributed by atoms with Gasteiger partial charge in [-0.05, 0) is 64.8 Å². The molecule has 1 heterocycles. The summed E-state index contributed by atoms with van der Waals surface area (Å²) in [6.07, 6.45) is 11.5. The van der Waals surface area contributed by atoms with Gasteiger partial charge in [0.2, 0.25) is 0 Å². The highest BCUT2D eigenvalue weighted by Gasteiger charge is 2.18. The molecule has 0 spiro atoms. The first-order valence-electron chi connectivity index (χ1n) is 10.3. The van der Waals surface area contributed by atoms with Crippen LogP contribution >= 0.6 is 0 Å². The average molecular weight is 373 g/mol. The Bertz CT molecular complexity index is 948. The van der Waals surface area contributed by atoms with Crippen molar-refractivity contribution in [2.75, 3.05) is 11.9 Å². The lowest BCUT2D eigenvalue weighted by atomic mass is 10.1. The zero-order valence-electron chi connectivity index (χ0n) is 17.7. The van der Waals surface area contributed by atoms with Crippen molar-refractivity contribution < 1.29 is 0 Å². The van der Waals surface area contributed by atoms with Crippen LogP contribution in [0.4, 0.5) is 5.69 Å². The lowest BCUT2D eigenvalue weighted by Gasteiger charge is -2.02. The van der Waals surface area contributed by atoms with Crippen LogP contribution in [0.1, 0.15) is 58.9 Å². The van der Waals surface area contributed by atoms with Gasteiger partial charge in [0, 0.05) is 16.6 Å². The maximum absolute atomic E-state index is 4.81. The molecule has 0 amide bonds. The molecule has 0 aliphatic carbocycles. The van der Waals surface area contributed by atoms with Gasteiger partial charge in [-0.3, -0.25) is 4.99 Å². The summed E-state index contributed by atoms with van der Waals surface area (Å²) in [6, 6.07) is 12.8. The summed E-state index contributed by atoms with van der Waals surface area (Å²) in [5.74, 6) is 0.992. The van der Waals surface area contributed by atoms with E-state index in [1.165, 1.54) is 45.2 Å². The summed E-state index contributed by atoms with van der Waals surface area (Å²) in [5.41, 5.74) is 6.69. The fourth-order valence-electron chi connectivity index (χ4n) is 3.59. The topological polar surface area (TPSA) is 24.4 Å². The van der Waals surface area contributed by atoms with E-state index in [2.05, 4.69) is 87.6 Å². The lowest BCUT2D eigenvalue weighted by Crippen LogP contribution is -2.07.